The Bertz CT molecular complexity index is 201. The zero-order chi connectivity index (χ0) is 6.72. The molecule has 2 aliphatic carbocycles. The average Bonchev–Trinajstić information content (AvgIpc) is 2.51. The van der Waals surface area contributed by atoms with E-state index in [1.807, 2.05) is 0 Å². The van der Waals surface area contributed by atoms with E-state index in [0.29, 0.717) is 17.9 Å². The Kier molecular flexibility index (Phi) is 0.715. The molecule has 3 fully saturated rings. The smallest absolute Gasteiger partial charge is 0.223 e. The number of rotatable bonds is 0. The van der Waals surface area contributed by atoms with Gasteiger partial charge in [-0.15, -0.1) is 0 Å². The zero-order valence-electron chi connectivity index (χ0n) is 5.84. The quantitative estimate of drug-likeness (QED) is 0.518. The first-order chi connectivity index (χ1) is 4.88. The highest BCUT2D eigenvalue weighted by atomic mass is 16.2. The van der Waals surface area contributed by atoms with Crippen molar-refractivity contribution in [3.05, 3.63) is 0 Å². The molecule has 0 aromatic carbocycles. The van der Waals surface area contributed by atoms with Crippen LogP contribution >= 0.6 is 0 Å². The van der Waals surface area contributed by atoms with E-state index < -0.39 is 0 Å². The summed E-state index contributed by atoms with van der Waals surface area (Å²) in [6.45, 7) is 0. The van der Waals surface area contributed by atoms with E-state index in [0.717, 1.165) is 11.8 Å². The molecule has 1 N–H and O–H groups in total. The van der Waals surface area contributed by atoms with E-state index in [1.54, 1.807) is 0 Å². The van der Waals surface area contributed by atoms with Crippen molar-refractivity contribution in [2.75, 3.05) is 0 Å². The van der Waals surface area contributed by atoms with Gasteiger partial charge in [-0.05, 0) is 24.7 Å². The molecule has 3 aliphatic rings. The van der Waals surface area contributed by atoms with Gasteiger partial charge in [0, 0.05) is 12.0 Å². The molecular formula is C8H11NO. The van der Waals surface area contributed by atoms with Crippen molar-refractivity contribution in [2.45, 2.75) is 25.3 Å². The number of carbonyl (C=O) groups excluding carboxylic acids is 1. The first kappa shape index (κ1) is 5.16. The minimum atomic E-state index is 0.347. The van der Waals surface area contributed by atoms with Gasteiger partial charge in [-0.1, -0.05) is 6.42 Å². The lowest BCUT2D eigenvalue weighted by Gasteiger charge is -2.20. The molecule has 3 rings (SSSR count). The van der Waals surface area contributed by atoms with Crippen molar-refractivity contribution >= 4 is 5.91 Å². The van der Waals surface area contributed by atoms with E-state index in [2.05, 4.69) is 5.32 Å². The monoisotopic (exact) mass is 137 g/mol. The number of amides is 1. The molecule has 0 aromatic rings. The van der Waals surface area contributed by atoms with Crippen LogP contribution in [0, 0.1) is 17.8 Å². The van der Waals surface area contributed by atoms with E-state index in [-0.39, 0.29) is 0 Å². The van der Waals surface area contributed by atoms with E-state index in [4.69, 9.17) is 0 Å². The second-order valence-electron chi connectivity index (χ2n) is 3.81. The third-order valence-electron chi connectivity index (χ3n) is 3.38. The van der Waals surface area contributed by atoms with Crippen LogP contribution in [0.25, 0.3) is 0 Å². The lowest BCUT2D eigenvalue weighted by atomic mass is 9.96. The number of carbonyl (C=O) groups is 1. The molecule has 2 saturated carbocycles. The van der Waals surface area contributed by atoms with Crippen LogP contribution in [0.4, 0.5) is 0 Å². The highest BCUT2D eigenvalue weighted by Crippen LogP contribution is 2.58. The molecule has 2 heteroatoms. The van der Waals surface area contributed by atoms with Gasteiger partial charge in [0.25, 0.3) is 0 Å². The summed E-state index contributed by atoms with van der Waals surface area (Å²) in [6.07, 6.45) is 3.89. The molecule has 4 atom stereocenters. The maximum Gasteiger partial charge on any atom is 0.223 e. The number of piperidine rings is 1. The number of nitrogens with one attached hydrogen (secondary N) is 1. The molecule has 0 spiro atoms. The molecule has 1 aliphatic heterocycles. The largest absolute Gasteiger partial charge is 0.353 e. The van der Waals surface area contributed by atoms with Gasteiger partial charge in [0.1, 0.15) is 0 Å². The molecule has 2 nitrogen and oxygen atoms in total. The van der Waals surface area contributed by atoms with Crippen molar-refractivity contribution in [1.82, 2.24) is 5.32 Å². The summed E-state index contributed by atoms with van der Waals surface area (Å²) in [5.74, 6) is 2.36. The van der Waals surface area contributed by atoms with Crippen LogP contribution in [0.3, 0.4) is 0 Å². The molecule has 1 amide bonds. The zero-order valence-corrected chi connectivity index (χ0v) is 5.84. The molecule has 0 bridgehead atoms. The standard InChI is InChI=1S/C8H11NO/c10-8-7-4-2-1-3-5(9-8)6(4)7/h4-7H,1-3H2,(H,9,10)/t4-,5-,6+,7-/m1/s1. The summed E-state index contributed by atoms with van der Waals surface area (Å²) in [4.78, 5) is 11.1. The maximum atomic E-state index is 11.1. The van der Waals surface area contributed by atoms with Gasteiger partial charge in [0.05, 0.1) is 0 Å². The average molecular weight is 137 g/mol. The van der Waals surface area contributed by atoms with E-state index in [9.17, 15) is 4.79 Å². The van der Waals surface area contributed by atoms with Crippen LogP contribution < -0.4 is 5.32 Å². The maximum absolute atomic E-state index is 11.1. The number of hydrogen-bond donors (Lipinski definition) is 1. The fourth-order valence-electron chi connectivity index (χ4n) is 2.90. The van der Waals surface area contributed by atoms with Crippen molar-refractivity contribution in [1.29, 1.82) is 0 Å². The van der Waals surface area contributed by atoms with Gasteiger partial charge in [0.2, 0.25) is 5.91 Å². The van der Waals surface area contributed by atoms with Crippen LogP contribution in [-0.4, -0.2) is 11.9 Å². The second-order valence-corrected chi connectivity index (χ2v) is 3.81. The molecule has 1 heterocycles. The summed E-state index contributed by atoms with van der Waals surface area (Å²) in [6, 6.07) is 0.580. The lowest BCUT2D eigenvalue weighted by molar-refractivity contribution is -0.122. The highest BCUT2D eigenvalue weighted by Gasteiger charge is 2.63. The first-order valence-electron chi connectivity index (χ1n) is 4.18. The summed E-state index contributed by atoms with van der Waals surface area (Å²) < 4.78 is 0. The predicted octanol–water partition coefficient (Wildman–Crippen LogP) is 0.531. The molecule has 0 unspecified atom stereocenters. The van der Waals surface area contributed by atoms with Crippen molar-refractivity contribution < 1.29 is 4.79 Å². The third-order valence-corrected chi connectivity index (χ3v) is 3.38. The summed E-state index contributed by atoms with van der Waals surface area (Å²) in [7, 11) is 0. The van der Waals surface area contributed by atoms with Crippen LogP contribution in [0.2, 0.25) is 0 Å². The number of fused-ring (bicyclic) bond motifs is 1. The van der Waals surface area contributed by atoms with Crippen LogP contribution in [0.5, 0.6) is 0 Å². The van der Waals surface area contributed by atoms with Crippen LogP contribution in [-0.2, 0) is 4.79 Å². The first-order valence-corrected chi connectivity index (χ1v) is 4.18. The Hall–Kier alpha value is -0.530. The molecule has 54 valence electrons. The Morgan fingerprint density at radius 2 is 2.30 bits per heavy atom. The molecular weight excluding hydrogens is 126 g/mol. The van der Waals surface area contributed by atoms with Crippen LogP contribution in [0.1, 0.15) is 19.3 Å². The van der Waals surface area contributed by atoms with Gasteiger partial charge >= 0.3 is 0 Å². The van der Waals surface area contributed by atoms with E-state index in [1.165, 1.54) is 19.3 Å². The summed E-state index contributed by atoms with van der Waals surface area (Å²) in [5, 5.41) is 3.05. The molecule has 0 aromatic heterocycles. The normalized spacial score (nSPS) is 55.8. The topological polar surface area (TPSA) is 29.1 Å². The minimum absolute atomic E-state index is 0.347. The van der Waals surface area contributed by atoms with Crippen molar-refractivity contribution in [2.24, 2.45) is 17.8 Å². The van der Waals surface area contributed by atoms with Crippen molar-refractivity contribution in [3.8, 4) is 0 Å². The van der Waals surface area contributed by atoms with E-state index >= 15 is 0 Å². The van der Waals surface area contributed by atoms with Gasteiger partial charge in [-0.25, -0.2) is 0 Å². The SMILES string of the molecule is O=C1N[C@@H]2CCC[C@H]3[C@@H]1[C@@H]32. The van der Waals surface area contributed by atoms with Gasteiger partial charge in [-0.2, -0.15) is 0 Å². The fourth-order valence-corrected chi connectivity index (χ4v) is 2.90. The Morgan fingerprint density at radius 3 is 3.00 bits per heavy atom. The third kappa shape index (κ3) is 0.414. The molecule has 10 heavy (non-hydrogen) atoms. The minimum Gasteiger partial charge on any atom is -0.353 e. The Balaban J connectivity index is 1.95. The number of hydrogen-bond acceptors (Lipinski definition) is 1. The van der Waals surface area contributed by atoms with Crippen molar-refractivity contribution in [3.63, 3.8) is 0 Å². The van der Waals surface area contributed by atoms with Gasteiger partial charge in [-0.3, -0.25) is 4.79 Å². The summed E-state index contributed by atoms with van der Waals surface area (Å²) >= 11 is 0. The van der Waals surface area contributed by atoms with Gasteiger partial charge in [0.15, 0.2) is 0 Å². The predicted molar refractivity (Wildman–Crippen MR) is 36.3 cm³/mol. The van der Waals surface area contributed by atoms with Gasteiger partial charge < -0.3 is 5.32 Å². The lowest BCUT2D eigenvalue weighted by Crippen LogP contribution is -2.34. The fraction of sp³-hybridized carbons (Fsp3) is 0.875. The Labute approximate surface area is 60.0 Å². The second kappa shape index (κ2) is 1.39. The summed E-state index contributed by atoms with van der Waals surface area (Å²) in [5.41, 5.74) is 0. The molecule has 0 radical (unpaired) electrons. The highest BCUT2D eigenvalue weighted by molar-refractivity contribution is 5.86. The van der Waals surface area contributed by atoms with Crippen LogP contribution in [0.15, 0.2) is 0 Å². The Morgan fingerprint density at radius 1 is 1.40 bits per heavy atom. The molecule has 1 saturated heterocycles.